The molecule has 0 radical (unpaired) electrons. The zero-order valence-corrected chi connectivity index (χ0v) is 13.9. The first-order valence-corrected chi connectivity index (χ1v) is 7.59. The summed E-state index contributed by atoms with van der Waals surface area (Å²) >= 11 is 1.07. The number of nitrogens with two attached hydrogens (primary N) is 1. The second kappa shape index (κ2) is 8.67. The lowest BCUT2D eigenvalue weighted by molar-refractivity contribution is -0.137. The summed E-state index contributed by atoms with van der Waals surface area (Å²) < 4.78 is 40.0. The van der Waals surface area contributed by atoms with Crippen molar-refractivity contribution in [2.24, 2.45) is 5.73 Å². The Morgan fingerprint density at radius 1 is 1.29 bits per heavy atom. The van der Waals surface area contributed by atoms with Crippen LogP contribution in [0.3, 0.4) is 0 Å². The van der Waals surface area contributed by atoms with E-state index in [1.807, 2.05) is 0 Å². The molecule has 1 aromatic carbocycles. The van der Waals surface area contributed by atoms with E-state index in [0.29, 0.717) is 5.82 Å². The Labute approximate surface area is 146 Å². The summed E-state index contributed by atoms with van der Waals surface area (Å²) in [4.78, 5) is 0. The van der Waals surface area contributed by atoms with Crippen molar-refractivity contribution in [1.82, 2.24) is 14.8 Å². The summed E-state index contributed by atoms with van der Waals surface area (Å²) in [5.74, 6) is 0.420. The number of rotatable bonds is 6. The number of aromatic nitrogens is 3. The van der Waals surface area contributed by atoms with Gasteiger partial charge in [0.25, 0.3) is 0 Å². The number of hydrogen-bond acceptors (Lipinski definition) is 6. The number of benzene rings is 1. The van der Waals surface area contributed by atoms with Gasteiger partial charge < -0.3 is 15.9 Å². The second-order valence-corrected chi connectivity index (χ2v) is 5.62. The number of halogens is 4. The van der Waals surface area contributed by atoms with Crippen molar-refractivity contribution in [2.75, 3.05) is 12.4 Å². The summed E-state index contributed by atoms with van der Waals surface area (Å²) in [6.07, 6.45) is -5.43. The van der Waals surface area contributed by atoms with E-state index in [9.17, 15) is 18.3 Å². The molecule has 1 aromatic heterocycles. The van der Waals surface area contributed by atoms with Crippen molar-refractivity contribution in [2.45, 2.75) is 24.0 Å². The van der Waals surface area contributed by atoms with Gasteiger partial charge in [-0.3, -0.25) is 4.57 Å². The first kappa shape index (κ1) is 20.7. The minimum atomic E-state index is -4.46. The largest absolute Gasteiger partial charge is 0.416 e. The van der Waals surface area contributed by atoms with Gasteiger partial charge in [-0.05, 0) is 18.2 Å². The number of aliphatic hydroxyl groups is 2. The van der Waals surface area contributed by atoms with Gasteiger partial charge in [-0.2, -0.15) is 13.2 Å². The maximum absolute atomic E-state index is 12.9. The molecule has 6 nitrogen and oxygen atoms in total. The molecule has 0 aliphatic heterocycles. The first-order chi connectivity index (χ1) is 10.9. The Hall–Kier alpha value is -1.33. The Morgan fingerprint density at radius 2 is 2.00 bits per heavy atom. The average molecular weight is 385 g/mol. The summed E-state index contributed by atoms with van der Waals surface area (Å²) in [6, 6.07) is 4.73. The van der Waals surface area contributed by atoms with Crippen LogP contribution in [0.2, 0.25) is 0 Å². The monoisotopic (exact) mass is 384 g/mol. The molecule has 0 saturated heterocycles. The highest BCUT2D eigenvalue weighted by atomic mass is 35.5. The van der Waals surface area contributed by atoms with Gasteiger partial charge in [0.2, 0.25) is 0 Å². The molecule has 2 aromatic rings. The van der Waals surface area contributed by atoms with Crippen molar-refractivity contribution >= 4 is 24.2 Å². The molecule has 1 unspecified atom stereocenters. The molecule has 11 heteroatoms. The van der Waals surface area contributed by atoms with E-state index in [1.165, 1.54) is 16.7 Å². The lowest BCUT2D eigenvalue weighted by Gasteiger charge is -2.13. The standard InChI is InChI=1S/C13H15F3N4O2S.ClH/c14-13(15,16)8-2-1-3-9(4-8)20-11(5-17)18-19-12(20)23-7-10(22)6-21;/h1-4,10,21-22H,5-7,17H2;1H. The van der Waals surface area contributed by atoms with Gasteiger partial charge >= 0.3 is 6.18 Å². The van der Waals surface area contributed by atoms with Gasteiger partial charge in [-0.1, -0.05) is 17.8 Å². The SMILES string of the molecule is Cl.NCc1nnc(SCC(O)CO)n1-c1cccc(C(F)(F)F)c1. The zero-order valence-electron chi connectivity index (χ0n) is 12.3. The van der Waals surface area contributed by atoms with Crippen LogP contribution in [0.1, 0.15) is 11.4 Å². The van der Waals surface area contributed by atoms with E-state index in [-0.39, 0.29) is 35.5 Å². The molecule has 0 saturated carbocycles. The van der Waals surface area contributed by atoms with Crippen LogP contribution in [0.5, 0.6) is 0 Å². The van der Waals surface area contributed by atoms with Crippen LogP contribution in [0.4, 0.5) is 13.2 Å². The van der Waals surface area contributed by atoms with E-state index < -0.39 is 24.5 Å². The van der Waals surface area contributed by atoms with E-state index in [4.69, 9.17) is 10.8 Å². The van der Waals surface area contributed by atoms with Crippen molar-refractivity contribution in [3.63, 3.8) is 0 Å². The molecule has 0 fully saturated rings. The zero-order chi connectivity index (χ0) is 17.0. The molecule has 0 aliphatic carbocycles. The molecular weight excluding hydrogens is 369 g/mol. The highest BCUT2D eigenvalue weighted by Crippen LogP contribution is 2.31. The molecule has 4 N–H and O–H groups in total. The molecule has 0 aliphatic rings. The number of thioether (sulfide) groups is 1. The van der Waals surface area contributed by atoms with Gasteiger partial charge in [-0.25, -0.2) is 0 Å². The van der Waals surface area contributed by atoms with Crippen molar-refractivity contribution < 1.29 is 23.4 Å². The Morgan fingerprint density at radius 3 is 2.58 bits per heavy atom. The summed E-state index contributed by atoms with van der Waals surface area (Å²) in [6.45, 7) is -0.430. The molecular formula is C13H16ClF3N4O2S. The maximum Gasteiger partial charge on any atom is 0.416 e. The molecule has 1 atom stereocenters. The molecule has 0 spiro atoms. The Bertz CT molecular complexity index is 669. The van der Waals surface area contributed by atoms with Crippen molar-refractivity contribution in [3.8, 4) is 5.69 Å². The third kappa shape index (κ3) is 4.84. The molecule has 0 amide bonds. The molecule has 1 heterocycles. The van der Waals surface area contributed by atoms with E-state index >= 15 is 0 Å². The minimum absolute atomic E-state index is 0. The number of aliphatic hydroxyl groups excluding tert-OH is 2. The third-order valence-corrected chi connectivity index (χ3v) is 4.00. The second-order valence-electron chi connectivity index (χ2n) is 4.63. The van der Waals surface area contributed by atoms with Crippen LogP contribution < -0.4 is 5.73 Å². The Kier molecular flexibility index (Phi) is 7.49. The van der Waals surface area contributed by atoms with Crippen LogP contribution in [0.15, 0.2) is 29.4 Å². The summed E-state index contributed by atoms with van der Waals surface area (Å²) in [5, 5.41) is 26.2. The first-order valence-electron chi connectivity index (χ1n) is 6.60. The van der Waals surface area contributed by atoms with Crippen LogP contribution in [-0.2, 0) is 12.7 Å². The third-order valence-electron chi connectivity index (χ3n) is 2.93. The van der Waals surface area contributed by atoms with E-state index in [1.54, 1.807) is 0 Å². The summed E-state index contributed by atoms with van der Waals surface area (Å²) in [5.41, 5.74) is 5.00. The molecule has 2 rings (SSSR count). The van der Waals surface area contributed by atoms with Gasteiger partial charge in [0.1, 0.15) is 0 Å². The molecule has 134 valence electrons. The lowest BCUT2D eigenvalue weighted by Crippen LogP contribution is -2.15. The van der Waals surface area contributed by atoms with Crippen molar-refractivity contribution in [1.29, 1.82) is 0 Å². The lowest BCUT2D eigenvalue weighted by atomic mass is 10.2. The maximum atomic E-state index is 12.9. The highest BCUT2D eigenvalue weighted by molar-refractivity contribution is 7.99. The molecule has 0 bridgehead atoms. The van der Waals surface area contributed by atoms with Crippen LogP contribution >= 0.6 is 24.2 Å². The summed E-state index contributed by atoms with van der Waals surface area (Å²) in [7, 11) is 0. The average Bonchev–Trinajstić information content (AvgIpc) is 2.94. The van der Waals surface area contributed by atoms with Gasteiger partial charge in [0, 0.05) is 5.75 Å². The predicted molar refractivity (Wildman–Crippen MR) is 85.3 cm³/mol. The van der Waals surface area contributed by atoms with Gasteiger partial charge in [-0.15, -0.1) is 22.6 Å². The number of nitrogens with zero attached hydrogens (tertiary/aromatic N) is 3. The van der Waals surface area contributed by atoms with Crippen LogP contribution in [-0.4, -0.2) is 43.4 Å². The van der Waals surface area contributed by atoms with Gasteiger partial charge in [0.15, 0.2) is 11.0 Å². The minimum Gasteiger partial charge on any atom is -0.394 e. The van der Waals surface area contributed by atoms with E-state index in [0.717, 1.165) is 23.9 Å². The van der Waals surface area contributed by atoms with E-state index in [2.05, 4.69) is 10.2 Å². The van der Waals surface area contributed by atoms with Crippen LogP contribution in [0, 0.1) is 0 Å². The quantitative estimate of drug-likeness (QED) is 0.655. The van der Waals surface area contributed by atoms with Gasteiger partial charge in [0.05, 0.1) is 30.5 Å². The smallest absolute Gasteiger partial charge is 0.394 e. The number of alkyl halides is 3. The molecule has 24 heavy (non-hydrogen) atoms. The van der Waals surface area contributed by atoms with Crippen molar-refractivity contribution in [3.05, 3.63) is 35.7 Å². The predicted octanol–water partition coefficient (Wildman–Crippen LogP) is 1.61. The van der Waals surface area contributed by atoms with Crippen LogP contribution in [0.25, 0.3) is 5.69 Å². The number of hydrogen-bond donors (Lipinski definition) is 3. The fraction of sp³-hybridized carbons (Fsp3) is 0.385. The topological polar surface area (TPSA) is 97.2 Å². The fourth-order valence-corrected chi connectivity index (χ4v) is 2.72. The fourth-order valence-electron chi connectivity index (χ4n) is 1.83. The Balaban J connectivity index is 0.00000288. The normalized spacial score (nSPS) is 12.8. The highest BCUT2D eigenvalue weighted by Gasteiger charge is 2.31.